The molecule has 2 heterocycles. The lowest BCUT2D eigenvalue weighted by molar-refractivity contribution is -0.116. The maximum atomic E-state index is 12.7. The molecule has 27 heavy (non-hydrogen) atoms. The van der Waals surface area contributed by atoms with E-state index in [-0.39, 0.29) is 17.8 Å². The maximum absolute atomic E-state index is 12.7. The van der Waals surface area contributed by atoms with Gasteiger partial charge in [-0.25, -0.2) is 0 Å². The molecule has 6 nitrogen and oxygen atoms in total. The van der Waals surface area contributed by atoms with E-state index in [0.717, 1.165) is 28.1 Å². The average Bonchev–Trinajstić information content (AvgIpc) is 2.82. The number of carbonyl (C=O) groups excluding carboxylic acids is 1. The summed E-state index contributed by atoms with van der Waals surface area (Å²) in [7, 11) is 0. The van der Waals surface area contributed by atoms with Gasteiger partial charge in [-0.3, -0.25) is 10.2 Å². The van der Waals surface area contributed by atoms with Crippen molar-refractivity contribution < 1.29 is 4.79 Å². The van der Waals surface area contributed by atoms with Gasteiger partial charge in [0.05, 0.1) is 11.6 Å². The molecular weight excluding hydrogens is 338 g/mol. The molecule has 6 heteroatoms. The monoisotopic (exact) mass is 357 g/mol. The number of rotatable bonds is 3. The van der Waals surface area contributed by atoms with Gasteiger partial charge in [0.1, 0.15) is 0 Å². The smallest absolute Gasteiger partial charge is 0.236 e. The Hall–Kier alpha value is -3.80. The van der Waals surface area contributed by atoms with Gasteiger partial charge >= 0.3 is 0 Å². The van der Waals surface area contributed by atoms with Crippen molar-refractivity contribution >= 4 is 28.9 Å². The number of hydrogen-bond acceptors (Lipinski definition) is 3. The Bertz CT molecular complexity index is 1000. The minimum atomic E-state index is -0.371. The van der Waals surface area contributed by atoms with E-state index in [1.807, 2.05) is 73.0 Å². The van der Waals surface area contributed by atoms with Crippen LogP contribution in [0.2, 0.25) is 0 Å². The molecule has 0 saturated heterocycles. The Labute approximate surface area is 157 Å². The molecule has 1 atom stereocenters. The molecular formula is C21H19N5O. The summed E-state index contributed by atoms with van der Waals surface area (Å²) in [6.07, 6.45) is 9.67. The van der Waals surface area contributed by atoms with Crippen LogP contribution >= 0.6 is 0 Å². The zero-order chi connectivity index (χ0) is 18.8. The van der Waals surface area contributed by atoms with Crippen molar-refractivity contribution in [3.05, 3.63) is 89.7 Å². The summed E-state index contributed by atoms with van der Waals surface area (Å²) in [5.41, 5.74) is 10.6. The molecule has 1 amide bonds. The first-order chi connectivity index (χ1) is 13.1. The molecule has 0 fully saturated rings. The molecule has 0 aliphatic carbocycles. The second-order valence-electron chi connectivity index (χ2n) is 6.32. The third kappa shape index (κ3) is 3.20. The number of anilines is 2. The van der Waals surface area contributed by atoms with Gasteiger partial charge in [0.15, 0.2) is 5.96 Å². The average molecular weight is 357 g/mol. The van der Waals surface area contributed by atoms with Crippen molar-refractivity contribution in [1.29, 1.82) is 5.41 Å². The Morgan fingerprint density at radius 3 is 2.67 bits per heavy atom. The number of guanidine groups is 1. The SMILES string of the molecule is N=C(N)Nc1ccc(C2C(=O)Nc3c(C4=CC=CC=CN4)cccc32)cc1. The van der Waals surface area contributed by atoms with Crippen LogP contribution in [-0.2, 0) is 4.79 Å². The Kier molecular flexibility index (Phi) is 4.22. The van der Waals surface area contributed by atoms with Crippen molar-refractivity contribution in [2.75, 3.05) is 10.6 Å². The third-order valence-electron chi connectivity index (χ3n) is 4.55. The highest BCUT2D eigenvalue weighted by atomic mass is 16.2. The summed E-state index contributed by atoms with van der Waals surface area (Å²) in [5, 5.41) is 16.3. The number of fused-ring (bicyclic) bond motifs is 1. The first-order valence-corrected chi connectivity index (χ1v) is 8.58. The van der Waals surface area contributed by atoms with E-state index in [0.29, 0.717) is 5.69 Å². The van der Waals surface area contributed by atoms with Crippen LogP contribution in [0.1, 0.15) is 22.6 Å². The summed E-state index contributed by atoms with van der Waals surface area (Å²) < 4.78 is 0. The van der Waals surface area contributed by atoms with E-state index >= 15 is 0 Å². The van der Waals surface area contributed by atoms with Crippen LogP contribution in [0.15, 0.2) is 73.0 Å². The number of nitrogens with two attached hydrogens (primary N) is 1. The highest BCUT2D eigenvalue weighted by Crippen LogP contribution is 2.41. The fraction of sp³-hybridized carbons (Fsp3) is 0.0476. The van der Waals surface area contributed by atoms with E-state index in [4.69, 9.17) is 11.1 Å². The van der Waals surface area contributed by atoms with Gasteiger partial charge in [0.25, 0.3) is 0 Å². The second-order valence-corrected chi connectivity index (χ2v) is 6.32. The molecule has 4 rings (SSSR count). The Morgan fingerprint density at radius 2 is 1.89 bits per heavy atom. The maximum Gasteiger partial charge on any atom is 0.236 e. The van der Waals surface area contributed by atoms with Crippen LogP contribution in [0.3, 0.4) is 0 Å². The number of benzene rings is 2. The molecule has 0 bridgehead atoms. The van der Waals surface area contributed by atoms with Gasteiger partial charge in [-0.2, -0.15) is 0 Å². The minimum absolute atomic E-state index is 0.0509. The lowest BCUT2D eigenvalue weighted by atomic mass is 9.91. The fourth-order valence-electron chi connectivity index (χ4n) is 3.38. The zero-order valence-electron chi connectivity index (χ0n) is 14.5. The lowest BCUT2D eigenvalue weighted by Crippen LogP contribution is -2.20. The summed E-state index contributed by atoms with van der Waals surface area (Å²) in [6, 6.07) is 13.3. The number of nitrogens with one attached hydrogen (secondary N) is 4. The van der Waals surface area contributed by atoms with Crippen LogP contribution in [0.5, 0.6) is 0 Å². The predicted molar refractivity (Wildman–Crippen MR) is 108 cm³/mol. The van der Waals surface area contributed by atoms with Crippen LogP contribution in [0, 0.1) is 5.41 Å². The van der Waals surface area contributed by atoms with Crippen molar-refractivity contribution in [3.63, 3.8) is 0 Å². The lowest BCUT2D eigenvalue weighted by Gasteiger charge is -2.13. The molecule has 6 N–H and O–H groups in total. The van der Waals surface area contributed by atoms with Gasteiger partial charge in [0.2, 0.25) is 5.91 Å². The summed E-state index contributed by atoms with van der Waals surface area (Å²) in [4.78, 5) is 12.7. The minimum Gasteiger partial charge on any atom is -0.370 e. The van der Waals surface area contributed by atoms with Crippen molar-refractivity contribution in [2.24, 2.45) is 5.73 Å². The van der Waals surface area contributed by atoms with Gasteiger partial charge < -0.3 is 21.7 Å². The predicted octanol–water partition coefficient (Wildman–Crippen LogP) is 3.09. The molecule has 2 aliphatic heterocycles. The van der Waals surface area contributed by atoms with Crippen molar-refractivity contribution in [2.45, 2.75) is 5.92 Å². The molecule has 2 aliphatic rings. The molecule has 1 unspecified atom stereocenters. The van der Waals surface area contributed by atoms with Gasteiger partial charge in [-0.1, -0.05) is 42.5 Å². The van der Waals surface area contributed by atoms with Crippen LogP contribution in [0.25, 0.3) is 5.70 Å². The van der Waals surface area contributed by atoms with Gasteiger partial charge in [-0.05, 0) is 35.4 Å². The van der Waals surface area contributed by atoms with Crippen molar-refractivity contribution in [1.82, 2.24) is 5.32 Å². The standard InChI is InChI=1S/C21H19N5O/c22-21(23)25-14-10-8-13(9-11-14)18-16-6-4-5-15(19(16)26-20(18)27)17-7-2-1-3-12-24-17/h1-12,18,24H,(H,26,27)(H4,22,23,25). The fourth-order valence-corrected chi connectivity index (χ4v) is 3.38. The van der Waals surface area contributed by atoms with E-state index in [2.05, 4.69) is 16.0 Å². The zero-order valence-corrected chi connectivity index (χ0v) is 14.5. The van der Waals surface area contributed by atoms with Crippen LogP contribution in [0.4, 0.5) is 11.4 Å². The molecule has 2 aromatic rings. The quantitative estimate of drug-likeness (QED) is 0.430. The normalized spacial score (nSPS) is 17.4. The molecule has 134 valence electrons. The molecule has 2 aromatic carbocycles. The van der Waals surface area contributed by atoms with Crippen molar-refractivity contribution in [3.8, 4) is 0 Å². The van der Waals surface area contributed by atoms with Gasteiger partial charge in [0, 0.05) is 23.1 Å². The van der Waals surface area contributed by atoms with Crippen LogP contribution < -0.4 is 21.7 Å². The van der Waals surface area contributed by atoms with E-state index in [1.165, 1.54) is 0 Å². The first kappa shape index (κ1) is 16.7. The van der Waals surface area contributed by atoms with Crippen LogP contribution in [-0.4, -0.2) is 11.9 Å². The summed E-state index contributed by atoms with van der Waals surface area (Å²) >= 11 is 0. The highest BCUT2D eigenvalue weighted by molar-refractivity contribution is 6.07. The van der Waals surface area contributed by atoms with E-state index < -0.39 is 0 Å². The van der Waals surface area contributed by atoms with E-state index in [1.54, 1.807) is 0 Å². The number of carbonyl (C=O) groups is 1. The Morgan fingerprint density at radius 1 is 1.07 bits per heavy atom. The number of para-hydroxylation sites is 1. The molecule has 0 aromatic heterocycles. The van der Waals surface area contributed by atoms with Gasteiger partial charge in [-0.15, -0.1) is 0 Å². The second kappa shape index (κ2) is 6.84. The molecule has 0 saturated carbocycles. The first-order valence-electron chi connectivity index (χ1n) is 8.58. The molecule has 0 spiro atoms. The highest BCUT2D eigenvalue weighted by Gasteiger charge is 2.33. The summed E-state index contributed by atoms with van der Waals surface area (Å²) in [5.74, 6) is -0.544. The summed E-state index contributed by atoms with van der Waals surface area (Å²) in [6.45, 7) is 0. The van der Waals surface area contributed by atoms with E-state index in [9.17, 15) is 4.79 Å². The largest absolute Gasteiger partial charge is 0.370 e. The Balaban J connectivity index is 1.71. The molecule has 0 radical (unpaired) electrons. The number of allylic oxidation sites excluding steroid dienone is 4. The topological polar surface area (TPSA) is 103 Å². The number of amides is 1. The number of hydrogen-bond donors (Lipinski definition) is 5. The third-order valence-corrected chi connectivity index (χ3v) is 4.55.